The molecule has 2 saturated heterocycles. The summed E-state index contributed by atoms with van der Waals surface area (Å²) in [5.74, 6) is 2.40. The Morgan fingerprint density at radius 2 is 1.94 bits per heavy atom. The van der Waals surface area contributed by atoms with Crippen LogP contribution in [0.5, 0.6) is 0 Å². The van der Waals surface area contributed by atoms with Gasteiger partial charge in [-0.2, -0.15) is 0 Å². The number of halogens is 1. The first-order chi connectivity index (χ1) is 14.4. The lowest BCUT2D eigenvalue weighted by Gasteiger charge is -2.40. The molecular weight excluding hydrogens is 503 g/mol. The smallest absolute Gasteiger partial charge is 0.191 e. The summed E-state index contributed by atoms with van der Waals surface area (Å²) in [4.78, 5) is 13.8. The van der Waals surface area contributed by atoms with E-state index < -0.39 is 0 Å². The number of piperazine rings is 1. The van der Waals surface area contributed by atoms with Gasteiger partial charge in [-0.05, 0) is 36.9 Å². The number of nitrogens with zero attached hydrogens (tertiary/aromatic N) is 4. The van der Waals surface area contributed by atoms with Crippen molar-refractivity contribution in [3.63, 3.8) is 0 Å². The van der Waals surface area contributed by atoms with Crippen LogP contribution in [0.1, 0.15) is 39.2 Å². The van der Waals surface area contributed by atoms with Crippen molar-refractivity contribution >= 4 is 35.8 Å². The lowest BCUT2D eigenvalue weighted by Crippen LogP contribution is -2.47. The van der Waals surface area contributed by atoms with Gasteiger partial charge in [-0.3, -0.25) is 4.99 Å². The summed E-state index contributed by atoms with van der Waals surface area (Å²) in [5.41, 5.74) is 1.31. The van der Waals surface area contributed by atoms with Crippen molar-refractivity contribution in [3.8, 4) is 0 Å². The molecule has 2 aliphatic heterocycles. The van der Waals surface area contributed by atoms with Gasteiger partial charge in [0.15, 0.2) is 5.96 Å². The van der Waals surface area contributed by atoms with E-state index in [0.29, 0.717) is 12.5 Å². The van der Waals surface area contributed by atoms with Crippen LogP contribution in [-0.2, 0) is 11.3 Å². The van der Waals surface area contributed by atoms with E-state index in [0.717, 1.165) is 63.1 Å². The molecule has 1 aromatic heterocycles. The molecule has 1 aromatic rings. The Kier molecular flexibility index (Phi) is 10.3. The summed E-state index contributed by atoms with van der Waals surface area (Å²) in [6.07, 6.45) is 4.58. The molecule has 0 spiro atoms. The molecule has 0 aliphatic carbocycles. The second-order valence-electron chi connectivity index (χ2n) is 9.68. The quantitative estimate of drug-likeness (QED) is 0.338. The number of guanidine groups is 1. The van der Waals surface area contributed by atoms with Crippen LogP contribution in [0, 0.1) is 11.3 Å². The maximum atomic E-state index is 6.10. The van der Waals surface area contributed by atoms with Crippen LogP contribution in [0.4, 0.5) is 5.82 Å². The average molecular weight is 545 g/mol. The van der Waals surface area contributed by atoms with Gasteiger partial charge in [-0.1, -0.05) is 26.8 Å². The standard InChI is InChI=1S/C23H40N6O.HI/c1-23(2,3)21-19(7-6-14-30-21)17-27-22(24-4)26-16-18-8-9-20(25-15-18)29-12-10-28(5)11-13-29;/h8-9,15,19,21H,6-7,10-14,16-17H2,1-5H3,(H2,24,26,27);1H. The van der Waals surface area contributed by atoms with Crippen molar-refractivity contribution < 1.29 is 4.74 Å². The Hall–Kier alpha value is -1.13. The Bertz CT molecular complexity index is 682. The molecule has 0 aromatic carbocycles. The van der Waals surface area contributed by atoms with Gasteiger partial charge in [-0.15, -0.1) is 24.0 Å². The van der Waals surface area contributed by atoms with Crippen molar-refractivity contribution in [1.82, 2.24) is 20.5 Å². The molecule has 3 heterocycles. The van der Waals surface area contributed by atoms with Crippen LogP contribution in [0.2, 0.25) is 0 Å². The first kappa shape index (κ1) is 26.1. The highest BCUT2D eigenvalue weighted by molar-refractivity contribution is 14.0. The van der Waals surface area contributed by atoms with Gasteiger partial charge in [0.1, 0.15) is 5.82 Å². The van der Waals surface area contributed by atoms with E-state index in [2.05, 4.69) is 70.4 Å². The highest BCUT2D eigenvalue weighted by Gasteiger charge is 2.35. The Labute approximate surface area is 205 Å². The van der Waals surface area contributed by atoms with Gasteiger partial charge >= 0.3 is 0 Å². The zero-order valence-corrected chi connectivity index (χ0v) is 22.2. The number of aromatic nitrogens is 1. The lowest BCUT2D eigenvalue weighted by atomic mass is 9.78. The molecule has 31 heavy (non-hydrogen) atoms. The first-order valence-electron chi connectivity index (χ1n) is 11.3. The molecule has 176 valence electrons. The second-order valence-corrected chi connectivity index (χ2v) is 9.68. The van der Waals surface area contributed by atoms with E-state index in [1.807, 2.05) is 13.2 Å². The van der Waals surface area contributed by atoms with Crippen LogP contribution >= 0.6 is 24.0 Å². The Morgan fingerprint density at radius 3 is 2.55 bits per heavy atom. The second kappa shape index (κ2) is 12.2. The molecule has 0 bridgehead atoms. The highest BCUT2D eigenvalue weighted by Crippen LogP contribution is 2.33. The van der Waals surface area contributed by atoms with E-state index in [-0.39, 0.29) is 35.5 Å². The average Bonchev–Trinajstić information content (AvgIpc) is 2.74. The molecule has 2 atom stereocenters. The Balaban J connectivity index is 0.00000341. The van der Waals surface area contributed by atoms with Gasteiger partial charge in [-0.25, -0.2) is 4.98 Å². The van der Waals surface area contributed by atoms with Gasteiger partial charge in [0.2, 0.25) is 0 Å². The zero-order chi connectivity index (χ0) is 21.6. The zero-order valence-electron chi connectivity index (χ0n) is 19.9. The minimum Gasteiger partial charge on any atom is -0.377 e. The SMILES string of the molecule is CN=C(NCc1ccc(N2CCN(C)CC2)nc1)NCC1CCCOC1C(C)(C)C.I. The molecule has 0 amide bonds. The topological polar surface area (TPSA) is 65.0 Å². The molecule has 0 radical (unpaired) electrons. The van der Waals surface area contributed by atoms with Crippen molar-refractivity contribution in [2.45, 2.75) is 46.3 Å². The molecule has 2 aliphatic rings. The molecule has 3 rings (SSSR count). The summed E-state index contributed by atoms with van der Waals surface area (Å²) < 4.78 is 6.10. The summed E-state index contributed by atoms with van der Waals surface area (Å²) >= 11 is 0. The molecule has 0 saturated carbocycles. The summed E-state index contributed by atoms with van der Waals surface area (Å²) in [6.45, 7) is 13.5. The van der Waals surface area contributed by atoms with E-state index in [1.165, 1.54) is 6.42 Å². The fourth-order valence-electron chi connectivity index (χ4n) is 4.39. The van der Waals surface area contributed by atoms with Gasteiger partial charge < -0.3 is 25.2 Å². The summed E-state index contributed by atoms with van der Waals surface area (Å²) in [5, 5.41) is 6.93. The molecule has 8 heteroatoms. The molecular formula is C23H41IN6O. The lowest BCUT2D eigenvalue weighted by molar-refractivity contribution is -0.0835. The molecule has 2 unspecified atom stereocenters. The maximum Gasteiger partial charge on any atom is 0.191 e. The third kappa shape index (κ3) is 7.75. The number of hydrogen-bond donors (Lipinski definition) is 2. The van der Waals surface area contributed by atoms with E-state index >= 15 is 0 Å². The summed E-state index contributed by atoms with van der Waals surface area (Å²) in [6, 6.07) is 4.29. The number of rotatable bonds is 5. The predicted molar refractivity (Wildman–Crippen MR) is 139 cm³/mol. The fraction of sp³-hybridized carbons (Fsp3) is 0.739. The number of ether oxygens (including phenoxy) is 1. The van der Waals surface area contributed by atoms with E-state index in [9.17, 15) is 0 Å². The van der Waals surface area contributed by atoms with Crippen LogP contribution in [0.3, 0.4) is 0 Å². The van der Waals surface area contributed by atoms with Crippen molar-refractivity contribution in [2.24, 2.45) is 16.3 Å². The van der Waals surface area contributed by atoms with Crippen molar-refractivity contribution in [3.05, 3.63) is 23.9 Å². The van der Waals surface area contributed by atoms with Gasteiger partial charge in [0, 0.05) is 65.0 Å². The predicted octanol–water partition coefficient (Wildman–Crippen LogP) is 2.96. The minimum atomic E-state index is 0. The molecule has 2 N–H and O–H groups in total. The van der Waals surface area contributed by atoms with E-state index in [4.69, 9.17) is 4.74 Å². The monoisotopic (exact) mass is 544 g/mol. The normalized spacial score (nSPS) is 23.3. The molecule has 7 nitrogen and oxygen atoms in total. The van der Waals surface area contributed by atoms with Crippen molar-refractivity contribution in [2.75, 3.05) is 58.3 Å². The van der Waals surface area contributed by atoms with Gasteiger partial charge in [0.05, 0.1) is 6.10 Å². The maximum absolute atomic E-state index is 6.10. The Morgan fingerprint density at radius 1 is 1.19 bits per heavy atom. The van der Waals surface area contributed by atoms with Crippen LogP contribution < -0.4 is 15.5 Å². The van der Waals surface area contributed by atoms with Crippen LogP contribution in [-0.4, -0.2) is 75.4 Å². The fourth-order valence-corrected chi connectivity index (χ4v) is 4.39. The molecule has 2 fully saturated rings. The number of aliphatic imine (C=N–C) groups is 1. The minimum absolute atomic E-state index is 0. The number of hydrogen-bond acceptors (Lipinski definition) is 5. The third-order valence-corrected chi connectivity index (χ3v) is 6.15. The highest BCUT2D eigenvalue weighted by atomic mass is 127. The number of anilines is 1. The number of nitrogens with one attached hydrogen (secondary N) is 2. The third-order valence-electron chi connectivity index (χ3n) is 6.15. The largest absolute Gasteiger partial charge is 0.377 e. The number of pyridine rings is 1. The van der Waals surface area contributed by atoms with Gasteiger partial charge in [0.25, 0.3) is 0 Å². The van der Waals surface area contributed by atoms with E-state index in [1.54, 1.807) is 0 Å². The summed E-state index contributed by atoms with van der Waals surface area (Å²) in [7, 11) is 3.99. The number of likely N-dealkylation sites (N-methyl/N-ethyl adjacent to an activating group) is 1. The first-order valence-corrected chi connectivity index (χ1v) is 11.3. The van der Waals surface area contributed by atoms with Crippen LogP contribution in [0.25, 0.3) is 0 Å². The van der Waals surface area contributed by atoms with Crippen molar-refractivity contribution in [1.29, 1.82) is 0 Å². The van der Waals surface area contributed by atoms with Crippen LogP contribution in [0.15, 0.2) is 23.3 Å².